The summed E-state index contributed by atoms with van der Waals surface area (Å²) in [5, 5.41) is 18.7. The van der Waals surface area contributed by atoms with Crippen LogP contribution >= 0.6 is 0 Å². The number of aliphatic hydroxyl groups is 1. The van der Waals surface area contributed by atoms with Crippen molar-refractivity contribution >= 4 is 12.0 Å². The number of fused-ring (bicyclic) bond motifs is 1. The lowest BCUT2D eigenvalue weighted by Gasteiger charge is -2.18. The molecule has 2 amide bonds. The van der Waals surface area contributed by atoms with Gasteiger partial charge in [-0.3, -0.25) is 0 Å². The van der Waals surface area contributed by atoms with Crippen molar-refractivity contribution in [1.82, 2.24) is 20.6 Å². The lowest BCUT2D eigenvalue weighted by molar-refractivity contribution is 0.142. The molecular formula is C16H19N5O2. The normalized spacial score (nSPS) is 19.0. The largest absolute Gasteiger partial charge is 0.390 e. The first-order chi connectivity index (χ1) is 11.2. The molecule has 7 nitrogen and oxygen atoms in total. The van der Waals surface area contributed by atoms with Crippen LogP contribution in [-0.2, 0) is 6.42 Å². The highest BCUT2D eigenvalue weighted by Gasteiger charge is 2.31. The molecule has 1 aromatic heterocycles. The van der Waals surface area contributed by atoms with E-state index in [1.165, 1.54) is 0 Å². The number of rotatable bonds is 5. The van der Waals surface area contributed by atoms with E-state index in [-0.39, 0.29) is 12.1 Å². The number of carbonyl (C=O) groups is 1. The van der Waals surface area contributed by atoms with E-state index in [1.807, 2.05) is 24.3 Å². The van der Waals surface area contributed by atoms with Crippen LogP contribution in [0.25, 0.3) is 0 Å². The van der Waals surface area contributed by atoms with Gasteiger partial charge in [0.2, 0.25) is 5.95 Å². The van der Waals surface area contributed by atoms with E-state index >= 15 is 0 Å². The Hall–Kier alpha value is -2.67. The van der Waals surface area contributed by atoms with Crippen LogP contribution in [-0.4, -0.2) is 40.3 Å². The molecule has 2 aromatic rings. The van der Waals surface area contributed by atoms with Gasteiger partial charge in [0, 0.05) is 31.9 Å². The third-order valence-corrected chi connectivity index (χ3v) is 3.75. The highest BCUT2D eigenvalue weighted by molar-refractivity contribution is 5.74. The van der Waals surface area contributed by atoms with Gasteiger partial charge in [0.15, 0.2) is 0 Å². The predicted molar refractivity (Wildman–Crippen MR) is 85.9 cm³/mol. The van der Waals surface area contributed by atoms with Crippen molar-refractivity contribution in [3.63, 3.8) is 0 Å². The van der Waals surface area contributed by atoms with Gasteiger partial charge < -0.3 is 21.1 Å². The number of hydrogen-bond acceptors (Lipinski definition) is 5. The minimum Gasteiger partial charge on any atom is -0.390 e. The van der Waals surface area contributed by atoms with Crippen LogP contribution in [0.1, 0.15) is 17.2 Å². The van der Waals surface area contributed by atoms with Crippen LogP contribution in [0, 0.1) is 0 Å². The van der Waals surface area contributed by atoms with Crippen molar-refractivity contribution in [3.05, 3.63) is 53.9 Å². The standard InChI is InChI=1S/C16H19N5O2/c22-13-10-11-4-1-2-5-12(11)14(13)21-16(23)20-9-8-19-15-17-6-3-7-18-15/h1-7,13-14,22H,8-10H2,(H,17,18,19)(H2,20,21,23)/t13-,14+/m0/s1. The molecule has 0 aliphatic heterocycles. The molecule has 1 heterocycles. The zero-order chi connectivity index (χ0) is 16.1. The molecule has 0 unspecified atom stereocenters. The average molecular weight is 313 g/mol. The van der Waals surface area contributed by atoms with Crippen molar-refractivity contribution in [1.29, 1.82) is 0 Å². The fourth-order valence-corrected chi connectivity index (χ4v) is 2.68. The Labute approximate surface area is 134 Å². The van der Waals surface area contributed by atoms with Gasteiger partial charge in [-0.15, -0.1) is 0 Å². The molecule has 1 aliphatic rings. The molecule has 1 aromatic carbocycles. The summed E-state index contributed by atoms with van der Waals surface area (Å²) in [6.45, 7) is 0.940. The van der Waals surface area contributed by atoms with Gasteiger partial charge in [0.1, 0.15) is 0 Å². The molecule has 0 spiro atoms. The molecule has 1 aliphatic carbocycles. The minimum absolute atomic E-state index is 0.304. The fraction of sp³-hybridized carbons (Fsp3) is 0.312. The van der Waals surface area contributed by atoms with Crippen LogP contribution in [0.3, 0.4) is 0 Å². The van der Waals surface area contributed by atoms with Gasteiger partial charge in [-0.05, 0) is 17.2 Å². The summed E-state index contributed by atoms with van der Waals surface area (Å²) in [7, 11) is 0. The monoisotopic (exact) mass is 313 g/mol. The predicted octanol–water partition coefficient (Wildman–Crippen LogP) is 0.846. The minimum atomic E-state index is -0.589. The molecular weight excluding hydrogens is 294 g/mol. The Morgan fingerprint density at radius 1 is 1.17 bits per heavy atom. The molecule has 0 fully saturated rings. The van der Waals surface area contributed by atoms with E-state index in [0.717, 1.165) is 11.1 Å². The maximum Gasteiger partial charge on any atom is 0.315 e. The van der Waals surface area contributed by atoms with E-state index in [9.17, 15) is 9.90 Å². The van der Waals surface area contributed by atoms with Gasteiger partial charge in [-0.25, -0.2) is 14.8 Å². The van der Waals surface area contributed by atoms with E-state index in [0.29, 0.717) is 25.5 Å². The third kappa shape index (κ3) is 3.75. The van der Waals surface area contributed by atoms with Crippen LogP contribution in [0.4, 0.5) is 10.7 Å². The van der Waals surface area contributed by atoms with E-state index < -0.39 is 6.10 Å². The molecule has 2 atom stereocenters. The summed E-state index contributed by atoms with van der Waals surface area (Å²) < 4.78 is 0. The zero-order valence-corrected chi connectivity index (χ0v) is 12.6. The highest BCUT2D eigenvalue weighted by Crippen LogP contribution is 2.30. The molecule has 0 radical (unpaired) electrons. The van der Waals surface area contributed by atoms with Gasteiger partial charge >= 0.3 is 6.03 Å². The number of aromatic nitrogens is 2. The Bertz CT molecular complexity index is 665. The molecule has 23 heavy (non-hydrogen) atoms. The number of hydrogen-bond donors (Lipinski definition) is 4. The number of urea groups is 1. The molecule has 0 saturated heterocycles. The first-order valence-corrected chi connectivity index (χ1v) is 7.55. The SMILES string of the molecule is O=C(NCCNc1ncccn1)N[C@@H]1c2ccccc2C[C@@H]1O. The number of aliphatic hydroxyl groups excluding tert-OH is 1. The van der Waals surface area contributed by atoms with Gasteiger partial charge in [-0.2, -0.15) is 0 Å². The summed E-state index contributed by atoms with van der Waals surface area (Å²) in [4.78, 5) is 20.0. The highest BCUT2D eigenvalue weighted by atomic mass is 16.3. The smallest absolute Gasteiger partial charge is 0.315 e. The van der Waals surface area contributed by atoms with Gasteiger partial charge in [0.05, 0.1) is 12.1 Å². The maximum atomic E-state index is 12.0. The zero-order valence-electron chi connectivity index (χ0n) is 12.6. The lowest BCUT2D eigenvalue weighted by Crippen LogP contribution is -2.42. The van der Waals surface area contributed by atoms with Crippen LogP contribution in [0.5, 0.6) is 0 Å². The average Bonchev–Trinajstić information content (AvgIpc) is 2.88. The molecule has 0 bridgehead atoms. The second-order valence-electron chi connectivity index (χ2n) is 5.35. The summed E-state index contributed by atoms with van der Waals surface area (Å²) in [6, 6.07) is 8.82. The first kappa shape index (κ1) is 15.2. The van der Waals surface area contributed by atoms with Crippen molar-refractivity contribution in [2.45, 2.75) is 18.6 Å². The van der Waals surface area contributed by atoms with Gasteiger partial charge in [-0.1, -0.05) is 24.3 Å². The van der Waals surface area contributed by atoms with Crippen LogP contribution in [0.2, 0.25) is 0 Å². The Kier molecular flexibility index (Phi) is 4.68. The summed E-state index contributed by atoms with van der Waals surface area (Å²) in [6.07, 6.45) is 3.27. The fourth-order valence-electron chi connectivity index (χ4n) is 2.68. The van der Waals surface area contributed by atoms with Crippen LogP contribution < -0.4 is 16.0 Å². The Balaban J connectivity index is 1.45. The second-order valence-corrected chi connectivity index (χ2v) is 5.35. The molecule has 7 heteroatoms. The number of anilines is 1. The van der Waals surface area contributed by atoms with Crippen molar-refractivity contribution in [3.8, 4) is 0 Å². The number of carbonyl (C=O) groups excluding carboxylic acids is 1. The number of amides is 2. The lowest BCUT2D eigenvalue weighted by atomic mass is 10.1. The molecule has 4 N–H and O–H groups in total. The van der Waals surface area contributed by atoms with Crippen molar-refractivity contribution in [2.75, 3.05) is 18.4 Å². The maximum absolute atomic E-state index is 12.0. The van der Waals surface area contributed by atoms with E-state index in [1.54, 1.807) is 18.5 Å². The number of nitrogens with zero attached hydrogens (tertiary/aromatic N) is 2. The van der Waals surface area contributed by atoms with E-state index in [2.05, 4.69) is 25.9 Å². The summed E-state index contributed by atoms with van der Waals surface area (Å²) in [5.41, 5.74) is 2.05. The van der Waals surface area contributed by atoms with Crippen molar-refractivity contribution < 1.29 is 9.90 Å². The second kappa shape index (κ2) is 7.06. The Morgan fingerprint density at radius 2 is 1.96 bits per heavy atom. The summed E-state index contributed by atoms with van der Waals surface area (Å²) >= 11 is 0. The van der Waals surface area contributed by atoms with Crippen LogP contribution in [0.15, 0.2) is 42.7 Å². The molecule has 0 saturated carbocycles. The molecule has 120 valence electrons. The first-order valence-electron chi connectivity index (χ1n) is 7.55. The van der Waals surface area contributed by atoms with Crippen molar-refractivity contribution in [2.24, 2.45) is 0 Å². The number of benzene rings is 1. The third-order valence-electron chi connectivity index (χ3n) is 3.75. The quantitative estimate of drug-likeness (QED) is 0.613. The Morgan fingerprint density at radius 3 is 2.78 bits per heavy atom. The van der Waals surface area contributed by atoms with E-state index in [4.69, 9.17) is 0 Å². The topological polar surface area (TPSA) is 99.2 Å². The van der Waals surface area contributed by atoms with Gasteiger partial charge in [0.25, 0.3) is 0 Å². The summed E-state index contributed by atoms with van der Waals surface area (Å²) in [5.74, 6) is 0.523. The molecule has 3 rings (SSSR count). The number of nitrogens with one attached hydrogen (secondary N) is 3.